The number of benzene rings is 1. The average molecular weight is 302 g/mol. The van der Waals surface area contributed by atoms with Crippen LogP contribution in [0.15, 0.2) is 35.4 Å². The van der Waals surface area contributed by atoms with Crippen LogP contribution >= 0.6 is 0 Å². The van der Waals surface area contributed by atoms with Crippen molar-refractivity contribution in [3.8, 4) is 5.75 Å². The molecule has 0 aliphatic carbocycles. The van der Waals surface area contributed by atoms with Gasteiger partial charge in [0.25, 0.3) is 0 Å². The zero-order chi connectivity index (χ0) is 16.7. The fourth-order valence-electron chi connectivity index (χ4n) is 2.04. The van der Waals surface area contributed by atoms with Crippen molar-refractivity contribution in [2.75, 3.05) is 7.05 Å². The molecule has 0 heterocycles. The van der Waals surface area contributed by atoms with Crippen LogP contribution in [-0.2, 0) is 0 Å². The summed E-state index contributed by atoms with van der Waals surface area (Å²) in [4.78, 5) is 14.7. The molecule has 5 nitrogen and oxygen atoms in total. The number of nitrogens with zero attached hydrogens (tertiary/aromatic N) is 2. The van der Waals surface area contributed by atoms with E-state index in [1.807, 2.05) is 45.9 Å². The third-order valence-corrected chi connectivity index (χ3v) is 2.93. The van der Waals surface area contributed by atoms with Crippen molar-refractivity contribution < 1.29 is 9.66 Å². The van der Waals surface area contributed by atoms with E-state index >= 15 is 0 Å². The Morgan fingerprint density at radius 2 is 2.09 bits per heavy atom. The molecular weight excluding hydrogens is 280 g/mol. The lowest BCUT2D eigenvalue weighted by Gasteiger charge is -2.14. The maximum absolute atomic E-state index is 11.2. The summed E-state index contributed by atoms with van der Waals surface area (Å²) in [7, 11) is 1.69. The van der Waals surface area contributed by atoms with Crippen LogP contribution in [-0.4, -0.2) is 24.3 Å². The zero-order valence-corrected chi connectivity index (χ0v) is 13.7. The third kappa shape index (κ3) is 4.55. The summed E-state index contributed by atoms with van der Waals surface area (Å²) in [6.45, 7) is 7.45. The van der Waals surface area contributed by atoms with Gasteiger partial charge in [0.15, 0.2) is 5.75 Å². The minimum atomic E-state index is -0.416. The number of aryl methyl sites for hydroxylation is 1. The molecule has 0 amide bonds. The Hall–Kier alpha value is -2.43. The van der Waals surface area contributed by atoms with E-state index in [9.17, 15) is 10.1 Å². The summed E-state index contributed by atoms with van der Waals surface area (Å²) in [5.74, 6) is 0.282. The maximum Gasteiger partial charge on any atom is 0.311 e. The Kier molecular flexibility index (Phi) is 6.50. The van der Waals surface area contributed by atoms with Crippen molar-refractivity contribution in [3.05, 3.63) is 51.6 Å². The third-order valence-electron chi connectivity index (χ3n) is 2.93. The summed E-state index contributed by atoms with van der Waals surface area (Å²) < 4.78 is 5.61. The number of aliphatic imine (C=N–C) groups is 1. The highest BCUT2D eigenvalue weighted by Gasteiger charge is 2.19. The Morgan fingerprint density at radius 3 is 2.59 bits per heavy atom. The predicted octanol–water partition coefficient (Wildman–Crippen LogP) is 4.35. The molecule has 0 aliphatic rings. The van der Waals surface area contributed by atoms with Crippen LogP contribution in [0.3, 0.4) is 0 Å². The molecule has 118 valence electrons. The van der Waals surface area contributed by atoms with E-state index in [1.165, 1.54) is 0 Å². The largest absolute Gasteiger partial charge is 0.484 e. The molecule has 1 rings (SSSR count). The molecule has 0 spiro atoms. The molecule has 0 unspecified atom stereocenters. The van der Waals surface area contributed by atoms with Gasteiger partial charge in [-0.05, 0) is 56.5 Å². The van der Waals surface area contributed by atoms with Gasteiger partial charge in [-0.3, -0.25) is 15.1 Å². The minimum Gasteiger partial charge on any atom is -0.484 e. The van der Waals surface area contributed by atoms with Gasteiger partial charge in [-0.1, -0.05) is 12.2 Å². The first kappa shape index (κ1) is 17.6. The summed E-state index contributed by atoms with van der Waals surface area (Å²) in [6, 6.07) is 3.27. The van der Waals surface area contributed by atoms with Crippen molar-refractivity contribution in [1.82, 2.24) is 0 Å². The van der Waals surface area contributed by atoms with Gasteiger partial charge in [0.1, 0.15) is 0 Å². The van der Waals surface area contributed by atoms with Crippen molar-refractivity contribution in [2.24, 2.45) is 4.99 Å². The highest BCUT2D eigenvalue weighted by atomic mass is 16.6. The van der Waals surface area contributed by atoms with Crippen LogP contribution in [0.1, 0.15) is 31.9 Å². The summed E-state index contributed by atoms with van der Waals surface area (Å²) in [5.41, 5.74) is 2.61. The predicted molar refractivity (Wildman–Crippen MR) is 90.8 cm³/mol. The molecule has 0 radical (unpaired) electrons. The highest BCUT2D eigenvalue weighted by molar-refractivity contribution is 5.90. The molecule has 0 fully saturated rings. The number of nitro groups is 1. The first-order valence-electron chi connectivity index (χ1n) is 7.11. The van der Waals surface area contributed by atoms with E-state index in [-0.39, 0.29) is 17.5 Å². The van der Waals surface area contributed by atoms with Crippen molar-refractivity contribution in [2.45, 2.75) is 33.8 Å². The fraction of sp³-hybridized carbons (Fsp3) is 0.353. The van der Waals surface area contributed by atoms with Gasteiger partial charge in [0.05, 0.1) is 11.0 Å². The summed E-state index contributed by atoms with van der Waals surface area (Å²) in [6.07, 6.45) is 7.28. The molecular formula is C17H22N2O3. The number of ether oxygens (including phenoxy) is 1. The summed E-state index contributed by atoms with van der Waals surface area (Å²) in [5, 5.41) is 11.2. The van der Waals surface area contributed by atoms with E-state index in [1.54, 1.807) is 25.4 Å². The number of allylic oxidation sites excluding steroid dienone is 4. The molecule has 1 aromatic carbocycles. The smallest absolute Gasteiger partial charge is 0.311 e. The standard InChI is InChI=1S/C17H22N2O3/c1-6-7-14(8-9-18-5)15-11-17(22-12(2)3)16(19(20)21)10-13(15)4/h6-12H,1-5H3/b7-6-,14-8+,18-9?. The van der Waals surface area contributed by atoms with Crippen molar-refractivity contribution in [1.29, 1.82) is 0 Å². The minimum absolute atomic E-state index is 0.0149. The molecule has 0 aromatic heterocycles. The van der Waals surface area contributed by atoms with Crippen molar-refractivity contribution >= 4 is 17.5 Å². The number of hydrogen-bond acceptors (Lipinski definition) is 4. The summed E-state index contributed by atoms with van der Waals surface area (Å²) >= 11 is 0. The molecule has 22 heavy (non-hydrogen) atoms. The van der Waals surface area contributed by atoms with E-state index in [0.29, 0.717) is 0 Å². The molecule has 0 bridgehead atoms. The van der Waals surface area contributed by atoms with E-state index < -0.39 is 4.92 Å². The van der Waals surface area contributed by atoms with Gasteiger partial charge in [-0.2, -0.15) is 0 Å². The lowest BCUT2D eigenvalue weighted by atomic mass is 9.98. The van der Waals surface area contributed by atoms with Gasteiger partial charge in [0, 0.05) is 19.3 Å². The van der Waals surface area contributed by atoms with E-state index in [0.717, 1.165) is 16.7 Å². The van der Waals surface area contributed by atoms with Crippen molar-refractivity contribution in [3.63, 3.8) is 0 Å². The first-order valence-corrected chi connectivity index (χ1v) is 7.11. The number of hydrogen-bond donors (Lipinski definition) is 0. The highest BCUT2D eigenvalue weighted by Crippen LogP contribution is 2.34. The van der Waals surface area contributed by atoms with Gasteiger partial charge in [-0.15, -0.1) is 0 Å². The van der Waals surface area contributed by atoms with E-state index in [2.05, 4.69) is 4.99 Å². The fourth-order valence-corrected chi connectivity index (χ4v) is 2.04. The molecule has 0 saturated heterocycles. The number of nitro benzene ring substituents is 1. The Labute approximate surface area is 131 Å². The van der Waals surface area contributed by atoms with Crippen LogP contribution in [0.4, 0.5) is 5.69 Å². The molecule has 0 saturated carbocycles. The van der Waals surface area contributed by atoms with Crippen LogP contribution < -0.4 is 4.74 Å². The zero-order valence-electron chi connectivity index (χ0n) is 13.7. The lowest BCUT2D eigenvalue weighted by molar-refractivity contribution is -0.386. The maximum atomic E-state index is 11.2. The molecule has 0 N–H and O–H groups in total. The first-order chi connectivity index (χ1) is 10.4. The second-order valence-electron chi connectivity index (χ2n) is 5.09. The quantitative estimate of drug-likeness (QED) is 0.339. The second kappa shape index (κ2) is 8.12. The molecule has 5 heteroatoms. The normalized spacial score (nSPS) is 12.5. The van der Waals surface area contributed by atoms with Crippen LogP contribution in [0, 0.1) is 17.0 Å². The molecule has 0 atom stereocenters. The molecule has 0 aliphatic heterocycles. The Balaban J connectivity index is 3.50. The second-order valence-corrected chi connectivity index (χ2v) is 5.09. The van der Waals surface area contributed by atoms with Gasteiger partial charge >= 0.3 is 5.69 Å². The van der Waals surface area contributed by atoms with E-state index in [4.69, 9.17) is 4.74 Å². The molecule has 1 aromatic rings. The number of rotatable bonds is 6. The Morgan fingerprint density at radius 1 is 1.41 bits per heavy atom. The topological polar surface area (TPSA) is 64.7 Å². The van der Waals surface area contributed by atoms with Gasteiger partial charge < -0.3 is 4.74 Å². The average Bonchev–Trinajstić information content (AvgIpc) is 2.44. The lowest BCUT2D eigenvalue weighted by Crippen LogP contribution is -2.08. The van der Waals surface area contributed by atoms with Gasteiger partial charge in [0.2, 0.25) is 0 Å². The van der Waals surface area contributed by atoms with Crippen LogP contribution in [0.25, 0.3) is 5.57 Å². The van der Waals surface area contributed by atoms with Crippen LogP contribution in [0.2, 0.25) is 0 Å². The van der Waals surface area contributed by atoms with Crippen LogP contribution in [0.5, 0.6) is 5.75 Å². The van der Waals surface area contributed by atoms with Gasteiger partial charge in [-0.25, -0.2) is 0 Å². The monoisotopic (exact) mass is 302 g/mol. The Bertz CT molecular complexity index is 629. The SMILES string of the molecule is C/C=C\C(=C/C=NC)c1cc(OC(C)C)c([N+](=O)[O-])cc1C.